The van der Waals surface area contributed by atoms with Crippen LogP contribution in [0.5, 0.6) is 0 Å². The van der Waals surface area contributed by atoms with Crippen molar-refractivity contribution in [2.75, 3.05) is 18.4 Å². The molecule has 1 aromatic heterocycles. The van der Waals surface area contributed by atoms with Gasteiger partial charge in [0.1, 0.15) is 5.82 Å². The lowest BCUT2D eigenvalue weighted by atomic mass is 10.1. The van der Waals surface area contributed by atoms with Gasteiger partial charge < -0.3 is 20.3 Å². The predicted molar refractivity (Wildman–Crippen MR) is 138 cm³/mol. The van der Waals surface area contributed by atoms with Gasteiger partial charge in [-0.25, -0.2) is 4.98 Å². The van der Waals surface area contributed by atoms with Crippen molar-refractivity contribution in [1.82, 2.24) is 14.9 Å². The quantitative estimate of drug-likeness (QED) is 0.346. The molecule has 0 aliphatic heterocycles. The third-order valence-corrected chi connectivity index (χ3v) is 5.03. The molecule has 180 valence electrons. The summed E-state index contributed by atoms with van der Waals surface area (Å²) in [6, 6.07) is 17.5. The Bertz CT molecular complexity index is 947. The van der Waals surface area contributed by atoms with Crippen LogP contribution in [0, 0.1) is 5.92 Å². The fourth-order valence-corrected chi connectivity index (χ4v) is 3.43. The van der Waals surface area contributed by atoms with E-state index < -0.39 is 6.10 Å². The Morgan fingerprint density at radius 3 is 2.42 bits per heavy atom. The summed E-state index contributed by atoms with van der Waals surface area (Å²) in [5.74, 6) is 1.21. The number of rotatable bonds is 11. The number of aromatic nitrogens is 2. The maximum absolute atomic E-state index is 12.4. The van der Waals surface area contributed by atoms with Gasteiger partial charge in [-0.2, -0.15) is 0 Å². The first-order valence-corrected chi connectivity index (χ1v) is 10.8. The number of carbonyl (C=O) groups is 1. The topological polar surface area (TPSA) is 79.2 Å². The SMILES string of the molecule is CC(C)Cn1ccnc1CC(=O)Nc1ccc(CCNC[C@H](O)c2ccccc2)cc1.Cl.Cl. The fraction of sp³-hybridized carbons (Fsp3) is 0.360. The highest BCUT2D eigenvalue weighted by Crippen LogP contribution is 2.13. The first kappa shape index (κ1) is 28.7. The van der Waals surface area contributed by atoms with E-state index in [9.17, 15) is 9.90 Å². The van der Waals surface area contributed by atoms with Gasteiger partial charge in [-0.15, -0.1) is 24.8 Å². The first-order valence-electron chi connectivity index (χ1n) is 10.8. The molecule has 0 bridgehead atoms. The smallest absolute Gasteiger partial charge is 0.231 e. The van der Waals surface area contributed by atoms with Gasteiger partial charge in [-0.1, -0.05) is 56.3 Å². The van der Waals surface area contributed by atoms with Gasteiger partial charge in [-0.05, 0) is 42.1 Å². The van der Waals surface area contributed by atoms with Crippen LogP contribution in [0.15, 0.2) is 67.0 Å². The van der Waals surface area contributed by atoms with Gasteiger partial charge in [0, 0.05) is 31.2 Å². The molecule has 2 aromatic carbocycles. The molecule has 0 aliphatic rings. The number of nitrogens with zero attached hydrogens (tertiary/aromatic N) is 2. The minimum Gasteiger partial charge on any atom is -0.387 e. The molecule has 0 fully saturated rings. The highest BCUT2D eigenvalue weighted by atomic mass is 35.5. The van der Waals surface area contributed by atoms with E-state index in [0.717, 1.165) is 36.6 Å². The van der Waals surface area contributed by atoms with Crippen LogP contribution in [-0.2, 0) is 24.2 Å². The largest absolute Gasteiger partial charge is 0.387 e. The van der Waals surface area contributed by atoms with Crippen molar-refractivity contribution in [3.63, 3.8) is 0 Å². The van der Waals surface area contributed by atoms with Gasteiger partial charge in [-0.3, -0.25) is 4.79 Å². The summed E-state index contributed by atoms with van der Waals surface area (Å²) in [6.07, 6.45) is 4.27. The predicted octanol–water partition coefficient (Wildman–Crippen LogP) is 4.43. The zero-order chi connectivity index (χ0) is 22.1. The minimum atomic E-state index is -0.505. The maximum atomic E-state index is 12.4. The molecule has 3 N–H and O–H groups in total. The number of hydrogen-bond donors (Lipinski definition) is 3. The third kappa shape index (κ3) is 9.56. The number of nitrogens with one attached hydrogen (secondary N) is 2. The first-order chi connectivity index (χ1) is 15.0. The second-order valence-corrected chi connectivity index (χ2v) is 8.19. The molecule has 33 heavy (non-hydrogen) atoms. The van der Waals surface area contributed by atoms with Crippen molar-refractivity contribution in [1.29, 1.82) is 0 Å². The molecule has 8 heteroatoms. The Labute approximate surface area is 208 Å². The third-order valence-electron chi connectivity index (χ3n) is 5.03. The molecular formula is C25H34Cl2N4O2. The van der Waals surface area contributed by atoms with Crippen molar-refractivity contribution < 1.29 is 9.90 Å². The Hall–Kier alpha value is -2.38. The Morgan fingerprint density at radius 1 is 1.06 bits per heavy atom. The molecule has 3 aromatic rings. The van der Waals surface area contributed by atoms with E-state index in [1.807, 2.05) is 65.4 Å². The van der Waals surface area contributed by atoms with Crippen LogP contribution in [0.3, 0.4) is 0 Å². The van der Waals surface area contributed by atoms with Crippen molar-refractivity contribution in [3.8, 4) is 0 Å². The lowest BCUT2D eigenvalue weighted by Crippen LogP contribution is -2.23. The van der Waals surface area contributed by atoms with Gasteiger partial charge in [0.15, 0.2) is 0 Å². The molecule has 0 radical (unpaired) electrons. The van der Waals surface area contributed by atoms with Crippen LogP contribution in [-0.4, -0.2) is 33.7 Å². The number of hydrogen-bond acceptors (Lipinski definition) is 4. The average Bonchev–Trinajstić information content (AvgIpc) is 3.18. The van der Waals surface area contributed by atoms with Crippen LogP contribution in [0.2, 0.25) is 0 Å². The number of aliphatic hydroxyl groups is 1. The van der Waals surface area contributed by atoms with E-state index in [2.05, 4.69) is 29.5 Å². The number of carbonyl (C=O) groups excluding carboxylic acids is 1. The summed E-state index contributed by atoms with van der Waals surface area (Å²) in [5.41, 5.74) is 2.87. The second kappa shape index (κ2) is 14.7. The lowest BCUT2D eigenvalue weighted by molar-refractivity contribution is -0.115. The zero-order valence-electron chi connectivity index (χ0n) is 19.1. The van der Waals surface area contributed by atoms with Gasteiger partial charge in [0.25, 0.3) is 0 Å². The van der Waals surface area contributed by atoms with Crippen LogP contribution < -0.4 is 10.6 Å². The molecule has 1 atom stereocenters. The van der Waals surface area contributed by atoms with Gasteiger partial charge in [0.2, 0.25) is 5.91 Å². The maximum Gasteiger partial charge on any atom is 0.231 e. The van der Waals surface area contributed by atoms with E-state index >= 15 is 0 Å². The molecule has 3 rings (SSSR count). The monoisotopic (exact) mass is 492 g/mol. The number of benzene rings is 2. The number of anilines is 1. The van der Waals surface area contributed by atoms with Crippen molar-refractivity contribution >= 4 is 36.4 Å². The summed E-state index contributed by atoms with van der Waals surface area (Å²) in [6.45, 7) is 6.44. The molecule has 0 unspecified atom stereocenters. The average molecular weight is 493 g/mol. The number of aliphatic hydroxyl groups excluding tert-OH is 1. The summed E-state index contributed by atoms with van der Waals surface area (Å²) in [5, 5.41) is 16.4. The molecule has 0 spiro atoms. The molecule has 1 heterocycles. The van der Waals surface area contributed by atoms with Crippen LogP contribution in [0.4, 0.5) is 5.69 Å². The summed E-state index contributed by atoms with van der Waals surface area (Å²) in [4.78, 5) is 16.7. The summed E-state index contributed by atoms with van der Waals surface area (Å²) < 4.78 is 2.04. The van der Waals surface area contributed by atoms with Crippen LogP contribution >= 0.6 is 24.8 Å². The zero-order valence-corrected chi connectivity index (χ0v) is 20.7. The highest BCUT2D eigenvalue weighted by Gasteiger charge is 2.11. The lowest BCUT2D eigenvalue weighted by Gasteiger charge is -2.12. The standard InChI is InChI=1S/C25H32N4O2.2ClH/c1-19(2)18-29-15-14-27-24(29)16-25(31)28-22-10-8-20(9-11-22)12-13-26-17-23(30)21-6-4-3-5-7-21;;/h3-11,14-15,19,23,26,30H,12-13,16-18H2,1-2H3,(H,28,31);2*1H/t23-;;/m0../s1. The normalized spacial score (nSPS) is 11.4. The highest BCUT2D eigenvalue weighted by molar-refractivity contribution is 5.91. The summed E-state index contributed by atoms with van der Waals surface area (Å²) in [7, 11) is 0. The molecule has 6 nitrogen and oxygen atoms in total. The fourth-order valence-electron chi connectivity index (χ4n) is 3.43. The number of halogens is 2. The molecule has 0 saturated carbocycles. The summed E-state index contributed by atoms with van der Waals surface area (Å²) >= 11 is 0. The number of imidazole rings is 1. The van der Waals surface area contributed by atoms with Crippen molar-refractivity contribution in [2.24, 2.45) is 5.92 Å². The van der Waals surface area contributed by atoms with E-state index in [1.165, 1.54) is 5.56 Å². The van der Waals surface area contributed by atoms with Crippen molar-refractivity contribution in [3.05, 3.63) is 83.9 Å². The molecular weight excluding hydrogens is 459 g/mol. The van der Waals surface area contributed by atoms with E-state index in [4.69, 9.17) is 0 Å². The van der Waals surface area contributed by atoms with E-state index in [0.29, 0.717) is 12.5 Å². The van der Waals surface area contributed by atoms with Crippen LogP contribution in [0.1, 0.15) is 36.9 Å². The Kier molecular flexibility index (Phi) is 12.8. The Morgan fingerprint density at radius 2 is 1.76 bits per heavy atom. The molecule has 0 aliphatic carbocycles. The van der Waals surface area contributed by atoms with Gasteiger partial charge >= 0.3 is 0 Å². The van der Waals surface area contributed by atoms with Gasteiger partial charge in [0.05, 0.1) is 12.5 Å². The van der Waals surface area contributed by atoms with E-state index in [1.54, 1.807) is 6.20 Å². The Balaban J connectivity index is 0.00000272. The van der Waals surface area contributed by atoms with Crippen LogP contribution in [0.25, 0.3) is 0 Å². The minimum absolute atomic E-state index is 0. The molecule has 0 saturated heterocycles. The van der Waals surface area contributed by atoms with Crippen molar-refractivity contribution in [2.45, 2.75) is 39.3 Å². The second-order valence-electron chi connectivity index (χ2n) is 8.19. The molecule has 1 amide bonds. The van der Waals surface area contributed by atoms with E-state index in [-0.39, 0.29) is 37.1 Å². The number of amides is 1.